The molecule has 23 heavy (non-hydrogen) atoms. The van der Waals surface area contributed by atoms with Gasteiger partial charge in [-0.3, -0.25) is 0 Å². The molecule has 3 atom stereocenters. The minimum atomic E-state index is -0.0633. The first-order valence-corrected chi connectivity index (χ1v) is 8.87. The maximum atomic E-state index is 6.38. The molecular weight excluding hydrogens is 290 g/mol. The normalized spacial score (nSPS) is 27.0. The van der Waals surface area contributed by atoms with Gasteiger partial charge in [-0.1, -0.05) is 12.1 Å². The van der Waals surface area contributed by atoms with Crippen molar-refractivity contribution in [1.82, 2.24) is 4.90 Å². The molecule has 0 N–H and O–H groups in total. The Kier molecular flexibility index (Phi) is 5.92. The fourth-order valence-electron chi connectivity index (χ4n) is 3.64. The number of ether oxygens (including phenoxy) is 3. The van der Waals surface area contributed by atoms with E-state index >= 15 is 0 Å². The number of hydrogen-bond donors (Lipinski definition) is 0. The number of hydrogen-bond acceptors (Lipinski definition) is 4. The average Bonchev–Trinajstić information content (AvgIpc) is 3.00. The van der Waals surface area contributed by atoms with E-state index in [4.69, 9.17) is 14.2 Å². The zero-order valence-electron chi connectivity index (χ0n) is 14.4. The lowest BCUT2D eigenvalue weighted by molar-refractivity contribution is -0.193. The highest BCUT2D eigenvalue weighted by Gasteiger charge is 2.28. The Morgan fingerprint density at radius 2 is 2.17 bits per heavy atom. The van der Waals surface area contributed by atoms with Gasteiger partial charge in [0.25, 0.3) is 0 Å². The molecule has 0 saturated carbocycles. The number of methoxy groups -OCH3 is 1. The largest absolute Gasteiger partial charge is 0.497 e. The fourth-order valence-corrected chi connectivity index (χ4v) is 3.64. The van der Waals surface area contributed by atoms with Crippen molar-refractivity contribution < 1.29 is 14.2 Å². The first kappa shape index (κ1) is 16.7. The van der Waals surface area contributed by atoms with Gasteiger partial charge >= 0.3 is 0 Å². The molecule has 0 bridgehead atoms. The van der Waals surface area contributed by atoms with Crippen molar-refractivity contribution in [3.05, 3.63) is 29.8 Å². The van der Waals surface area contributed by atoms with Crippen molar-refractivity contribution in [2.24, 2.45) is 0 Å². The van der Waals surface area contributed by atoms with Crippen LogP contribution < -0.4 is 4.74 Å². The first-order chi connectivity index (χ1) is 11.3. The number of rotatable bonds is 6. The third-order valence-electron chi connectivity index (χ3n) is 5.08. The van der Waals surface area contributed by atoms with Crippen molar-refractivity contribution in [3.63, 3.8) is 0 Å². The molecule has 2 heterocycles. The highest BCUT2D eigenvalue weighted by atomic mass is 16.7. The molecule has 3 unspecified atom stereocenters. The standard InChI is InChI=1S/C19H29NO3/c1-20-11-6-8-16(20)14-18(23-19-10-3-4-12-22-19)15-7-5-9-17(13-15)21-2/h5,7,9,13,16,18-19H,3-4,6,8,10-12,14H2,1-2H3. The van der Waals surface area contributed by atoms with Crippen LogP contribution in [-0.2, 0) is 9.47 Å². The molecule has 0 spiro atoms. The highest BCUT2D eigenvalue weighted by molar-refractivity contribution is 5.30. The lowest BCUT2D eigenvalue weighted by Gasteiger charge is -2.31. The van der Waals surface area contributed by atoms with E-state index in [1.807, 2.05) is 12.1 Å². The van der Waals surface area contributed by atoms with Gasteiger partial charge in [0.2, 0.25) is 0 Å². The quantitative estimate of drug-likeness (QED) is 0.799. The molecular formula is C19H29NO3. The van der Waals surface area contributed by atoms with Gasteiger partial charge in [-0.05, 0) is 69.8 Å². The monoisotopic (exact) mass is 319 g/mol. The molecule has 3 rings (SSSR count). The molecule has 4 heteroatoms. The Balaban J connectivity index is 1.73. The van der Waals surface area contributed by atoms with E-state index in [0.717, 1.165) is 31.6 Å². The summed E-state index contributed by atoms with van der Waals surface area (Å²) in [5, 5.41) is 0. The van der Waals surface area contributed by atoms with Crippen LogP contribution in [0.4, 0.5) is 0 Å². The zero-order chi connectivity index (χ0) is 16.1. The second-order valence-electron chi connectivity index (χ2n) is 6.71. The Bertz CT molecular complexity index is 487. The second kappa shape index (κ2) is 8.13. The SMILES string of the molecule is COc1cccc(C(CC2CCCN2C)OC2CCCCO2)c1. The molecule has 0 aromatic heterocycles. The lowest BCUT2D eigenvalue weighted by Crippen LogP contribution is -2.30. The van der Waals surface area contributed by atoms with Crippen molar-refractivity contribution in [2.75, 3.05) is 27.3 Å². The van der Waals surface area contributed by atoms with E-state index in [9.17, 15) is 0 Å². The molecule has 2 fully saturated rings. The molecule has 0 radical (unpaired) electrons. The maximum absolute atomic E-state index is 6.38. The van der Waals surface area contributed by atoms with Crippen molar-refractivity contribution >= 4 is 0 Å². The molecule has 2 aliphatic heterocycles. The van der Waals surface area contributed by atoms with Crippen LogP contribution in [0.15, 0.2) is 24.3 Å². The van der Waals surface area contributed by atoms with Gasteiger partial charge in [0.15, 0.2) is 6.29 Å². The molecule has 2 aliphatic rings. The zero-order valence-corrected chi connectivity index (χ0v) is 14.4. The van der Waals surface area contributed by atoms with Gasteiger partial charge in [0.05, 0.1) is 13.2 Å². The Morgan fingerprint density at radius 1 is 1.26 bits per heavy atom. The summed E-state index contributed by atoms with van der Waals surface area (Å²) in [7, 11) is 3.93. The minimum absolute atomic E-state index is 0.0633. The van der Waals surface area contributed by atoms with Crippen LogP contribution in [0.1, 0.15) is 50.2 Å². The van der Waals surface area contributed by atoms with Gasteiger partial charge in [-0.25, -0.2) is 0 Å². The molecule has 128 valence electrons. The summed E-state index contributed by atoms with van der Waals surface area (Å²) in [6.45, 7) is 2.01. The van der Waals surface area contributed by atoms with Crippen LogP contribution in [0.25, 0.3) is 0 Å². The lowest BCUT2D eigenvalue weighted by atomic mass is 10.00. The van der Waals surface area contributed by atoms with Crippen molar-refractivity contribution in [3.8, 4) is 5.75 Å². The molecule has 1 aromatic carbocycles. The second-order valence-corrected chi connectivity index (χ2v) is 6.71. The van der Waals surface area contributed by atoms with Crippen LogP contribution in [-0.4, -0.2) is 44.5 Å². The molecule has 4 nitrogen and oxygen atoms in total. The van der Waals surface area contributed by atoms with Crippen molar-refractivity contribution in [2.45, 2.75) is 57.0 Å². The van der Waals surface area contributed by atoms with E-state index < -0.39 is 0 Å². The van der Waals surface area contributed by atoms with E-state index in [1.54, 1.807) is 7.11 Å². The molecule has 1 aromatic rings. The minimum Gasteiger partial charge on any atom is -0.497 e. The van der Waals surface area contributed by atoms with E-state index in [-0.39, 0.29) is 12.4 Å². The first-order valence-electron chi connectivity index (χ1n) is 8.87. The topological polar surface area (TPSA) is 30.9 Å². The summed E-state index contributed by atoms with van der Waals surface area (Å²) in [4.78, 5) is 2.46. The summed E-state index contributed by atoms with van der Waals surface area (Å²) in [6, 6.07) is 8.87. The average molecular weight is 319 g/mol. The molecule has 0 amide bonds. The Labute approximate surface area is 139 Å². The number of benzene rings is 1. The van der Waals surface area contributed by atoms with E-state index in [0.29, 0.717) is 6.04 Å². The molecule has 2 saturated heterocycles. The predicted octanol–water partition coefficient (Wildman–Crippen LogP) is 3.76. The van der Waals surface area contributed by atoms with Crippen molar-refractivity contribution in [1.29, 1.82) is 0 Å². The summed E-state index contributed by atoms with van der Waals surface area (Å²) in [5.74, 6) is 0.889. The van der Waals surface area contributed by atoms with Gasteiger partial charge in [-0.2, -0.15) is 0 Å². The summed E-state index contributed by atoms with van der Waals surface area (Å²) in [5.41, 5.74) is 1.19. The Morgan fingerprint density at radius 3 is 2.87 bits per heavy atom. The Hall–Kier alpha value is -1.10. The predicted molar refractivity (Wildman–Crippen MR) is 90.7 cm³/mol. The van der Waals surface area contributed by atoms with Crippen LogP contribution in [0.5, 0.6) is 5.75 Å². The number of nitrogens with zero attached hydrogens (tertiary/aromatic N) is 1. The van der Waals surface area contributed by atoms with Gasteiger partial charge in [0.1, 0.15) is 5.75 Å². The smallest absolute Gasteiger partial charge is 0.158 e. The van der Waals surface area contributed by atoms with Crippen LogP contribution >= 0.6 is 0 Å². The third-order valence-corrected chi connectivity index (χ3v) is 5.08. The van der Waals surface area contributed by atoms with Crippen LogP contribution in [0, 0.1) is 0 Å². The summed E-state index contributed by atoms with van der Waals surface area (Å²) >= 11 is 0. The maximum Gasteiger partial charge on any atom is 0.158 e. The highest BCUT2D eigenvalue weighted by Crippen LogP contribution is 2.33. The summed E-state index contributed by atoms with van der Waals surface area (Å²) < 4.78 is 17.6. The van der Waals surface area contributed by atoms with Gasteiger partial charge < -0.3 is 19.1 Å². The molecule has 0 aliphatic carbocycles. The van der Waals surface area contributed by atoms with Crippen LogP contribution in [0.3, 0.4) is 0 Å². The summed E-state index contributed by atoms with van der Waals surface area (Å²) in [6.07, 6.45) is 6.90. The van der Waals surface area contributed by atoms with E-state index in [2.05, 4.69) is 24.1 Å². The van der Waals surface area contributed by atoms with Gasteiger partial charge in [-0.15, -0.1) is 0 Å². The number of likely N-dealkylation sites (tertiary alicyclic amines) is 1. The van der Waals surface area contributed by atoms with E-state index in [1.165, 1.54) is 31.4 Å². The van der Waals surface area contributed by atoms with Crippen LogP contribution in [0.2, 0.25) is 0 Å². The fraction of sp³-hybridized carbons (Fsp3) is 0.684. The third kappa shape index (κ3) is 4.46. The van der Waals surface area contributed by atoms with Gasteiger partial charge in [0, 0.05) is 12.6 Å².